The van der Waals surface area contributed by atoms with E-state index in [-0.39, 0.29) is 6.03 Å². The van der Waals surface area contributed by atoms with Crippen molar-refractivity contribution in [2.24, 2.45) is 0 Å². The lowest BCUT2D eigenvalue weighted by molar-refractivity contribution is 0.192. The quantitative estimate of drug-likeness (QED) is 0.923. The summed E-state index contributed by atoms with van der Waals surface area (Å²) in [7, 11) is 0. The molecule has 104 valence electrons. The van der Waals surface area contributed by atoms with Gasteiger partial charge in [-0.05, 0) is 42.0 Å². The van der Waals surface area contributed by atoms with Crippen molar-refractivity contribution in [3.05, 3.63) is 51.5 Å². The molecular weight excluding hydrogens is 270 g/mol. The van der Waals surface area contributed by atoms with E-state index in [4.69, 9.17) is 0 Å². The summed E-state index contributed by atoms with van der Waals surface area (Å²) in [5.74, 6) is 0. The smallest absolute Gasteiger partial charge is 0.318 e. The summed E-state index contributed by atoms with van der Waals surface area (Å²) in [4.78, 5) is 19.8. The number of fused-ring (bicyclic) bond motifs is 1. The molecule has 0 bridgehead atoms. The highest BCUT2D eigenvalue weighted by Crippen LogP contribution is 2.23. The van der Waals surface area contributed by atoms with Crippen molar-refractivity contribution in [2.45, 2.75) is 26.4 Å². The van der Waals surface area contributed by atoms with E-state index in [1.165, 1.54) is 10.4 Å². The molecule has 0 saturated heterocycles. The largest absolute Gasteiger partial charge is 0.332 e. The van der Waals surface area contributed by atoms with E-state index in [0.717, 1.165) is 24.2 Å². The molecule has 0 atom stereocenters. The lowest BCUT2D eigenvalue weighted by Crippen LogP contribution is -2.42. The Morgan fingerprint density at radius 1 is 1.50 bits per heavy atom. The number of aryl methyl sites for hydroxylation is 1. The maximum absolute atomic E-state index is 12.2. The molecule has 0 radical (unpaired) electrons. The molecule has 3 rings (SSSR count). The van der Waals surface area contributed by atoms with Crippen molar-refractivity contribution in [1.29, 1.82) is 0 Å². The van der Waals surface area contributed by atoms with Gasteiger partial charge in [0.25, 0.3) is 0 Å². The Balaban J connectivity index is 1.59. The summed E-state index contributed by atoms with van der Waals surface area (Å²) >= 11 is 1.78. The van der Waals surface area contributed by atoms with Crippen molar-refractivity contribution in [3.63, 3.8) is 0 Å². The molecule has 0 fully saturated rings. The van der Waals surface area contributed by atoms with Crippen molar-refractivity contribution >= 4 is 17.4 Å². The number of aromatic nitrogens is 1. The Labute approximate surface area is 122 Å². The van der Waals surface area contributed by atoms with Gasteiger partial charge in [-0.3, -0.25) is 4.98 Å². The molecule has 1 aliphatic rings. The third-order valence-corrected chi connectivity index (χ3v) is 4.64. The average Bonchev–Trinajstić information content (AvgIpc) is 2.93. The zero-order valence-electron chi connectivity index (χ0n) is 11.4. The van der Waals surface area contributed by atoms with Gasteiger partial charge in [-0.2, -0.15) is 0 Å². The Morgan fingerprint density at radius 2 is 2.40 bits per heavy atom. The van der Waals surface area contributed by atoms with Gasteiger partial charge in [-0.25, -0.2) is 4.79 Å². The Bertz CT molecular complexity index is 623. The van der Waals surface area contributed by atoms with Gasteiger partial charge in [-0.1, -0.05) is 6.07 Å². The summed E-state index contributed by atoms with van der Waals surface area (Å²) in [5, 5.41) is 5.06. The normalized spacial score (nSPS) is 13.9. The SMILES string of the molecule is Cc1cccnc1CNC(=O)N1CCc2sccc2C1. The van der Waals surface area contributed by atoms with Crippen LogP contribution in [0.15, 0.2) is 29.8 Å². The predicted molar refractivity (Wildman–Crippen MR) is 79.6 cm³/mol. The van der Waals surface area contributed by atoms with Crippen molar-refractivity contribution in [2.75, 3.05) is 6.54 Å². The number of rotatable bonds is 2. The second-order valence-corrected chi connectivity index (χ2v) is 5.97. The molecule has 2 amide bonds. The number of carbonyl (C=O) groups excluding carboxylic acids is 1. The molecule has 3 heterocycles. The van der Waals surface area contributed by atoms with Crippen LogP contribution in [-0.2, 0) is 19.5 Å². The van der Waals surface area contributed by atoms with Gasteiger partial charge in [0.1, 0.15) is 0 Å². The maximum atomic E-state index is 12.2. The molecule has 0 unspecified atom stereocenters. The van der Waals surface area contributed by atoms with Gasteiger partial charge in [0.2, 0.25) is 0 Å². The average molecular weight is 287 g/mol. The van der Waals surface area contributed by atoms with E-state index in [0.29, 0.717) is 13.1 Å². The second kappa shape index (κ2) is 5.63. The molecule has 1 N–H and O–H groups in total. The van der Waals surface area contributed by atoms with Gasteiger partial charge in [0.15, 0.2) is 0 Å². The van der Waals surface area contributed by atoms with Crippen molar-refractivity contribution < 1.29 is 4.79 Å². The highest BCUT2D eigenvalue weighted by atomic mass is 32.1. The zero-order chi connectivity index (χ0) is 13.9. The number of amides is 2. The van der Waals surface area contributed by atoms with Crippen LogP contribution in [0.2, 0.25) is 0 Å². The molecule has 20 heavy (non-hydrogen) atoms. The fourth-order valence-electron chi connectivity index (χ4n) is 2.40. The number of thiophene rings is 1. The second-order valence-electron chi connectivity index (χ2n) is 4.97. The minimum Gasteiger partial charge on any atom is -0.332 e. The van der Waals surface area contributed by atoms with Crippen LogP contribution in [0.1, 0.15) is 21.7 Å². The molecule has 0 spiro atoms. The highest BCUT2D eigenvalue weighted by molar-refractivity contribution is 7.10. The van der Waals surface area contributed by atoms with Crippen molar-refractivity contribution in [1.82, 2.24) is 15.2 Å². The summed E-state index contributed by atoms with van der Waals surface area (Å²) in [6.45, 7) is 4.00. The minimum absolute atomic E-state index is 0.00750. The van der Waals surface area contributed by atoms with E-state index in [1.54, 1.807) is 17.5 Å². The van der Waals surface area contributed by atoms with E-state index < -0.39 is 0 Å². The number of urea groups is 1. The third kappa shape index (κ3) is 2.67. The van der Waals surface area contributed by atoms with Gasteiger partial charge < -0.3 is 10.2 Å². The van der Waals surface area contributed by atoms with E-state index >= 15 is 0 Å². The lowest BCUT2D eigenvalue weighted by atomic mass is 10.1. The zero-order valence-corrected chi connectivity index (χ0v) is 12.2. The molecule has 2 aromatic rings. The summed E-state index contributed by atoms with van der Waals surface area (Å²) in [6, 6.07) is 6.02. The van der Waals surface area contributed by atoms with Crippen LogP contribution in [0.4, 0.5) is 4.79 Å². The Kier molecular flexibility index (Phi) is 3.69. The van der Waals surface area contributed by atoms with Crippen LogP contribution in [-0.4, -0.2) is 22.5 Å². The first-order chi connectivity index (χ1) is 9.74. The number of carbonyl (C=O) groups is 1. The summed E-state index contributed by atoms with van der Waals surface area (Å²) in [5.41, 5.74) is 3.31. The third-order valence-electron chi connectivity index (χ3n) is 3.62. The molecule has 0 saturated carbocycles. The van der Waals surface area contributed by atoms with Gasteiger partial charge in [0, 0.05) is 24.2 Å². The fraction of sp³-hybridized carbons (Fsp3) is 0.333. The monoisotopic (exact) mass is 287 g/mol. The first-order valence-electron chi connectivity index (χ1n) is 6.72. The summed E-state index contributed by atoms with van der Waals surface area (Å²) in [6.07, 6.45) is 2.72. The molecule has 1 aliphatic heterocycles. The molecule has 0 aliphatic carbocycles. The van der Waals surface area contributed by atoms with Crippen molar-refractivity contribution in [3.8, 4) is 0 Å². The highest BCUT2D eigenvalue weighted by Gasteiger charge is 2.21. The molecule has 2 aromatic heterocycles. The number of pyridine rings is 1. The maximum Gasteiger partial charge on any atom is 0.318 e. The molecular formula is C15H17N3OS. The Morgan fingerprint density at radius 3 is 3.25 bits per heavy atom. The molecule has 5 heteroatoms. The van der Waals surface area contributed by atoms with Crippen LogP contribution in [0.3, 0.4) is 0 Å². The van der Waals surface area contributed by atoms with Crippen LogP contribution in [0, 0.1) is 6.92 Å². The minimum atomic E-state index is -0.00750. The fourth-order valence-corrected chi connectivity index (χ4v) is 3.29. The molecule has 4 nitrogen and oxygen atoms in total. The molecule has 0 aromatic carbocycles. The first-order valence-corrected chi connectivity index (χ1v) is 7.60. The van der Waals surface area contributed by atoms with Gasteiger partial charge in [0.05, 0.1) is 12.2 Å². The predicted octanol–water partition coefficient (Wildman–Crippen LogP) is 2.72. The van der Waals surface area contributed by atoms with Crippen LogP contribution in [0.5, 0.6) is 0 Å². The van der Waals surface area contributed by atoms with E-state index in [1.807, 2.05) is 24.0 Å². The number of hydrogen-bond acceptors (Lipinski definition) is 3. The first kappa shape index (κ1) is 13.1. The van der Waals surface area contributed by atoms with Crippen LogP contribution < -0.4 is 5.32 Å². The lowest BCUT2D eigenvalue weighted by Gasteiger charge is -2.27. The topological polar surface area (TPSA) is 45.2 Å². The van der Waals surface area contributed by atoms with Crippen LogP contribution in [0.25, 0.3) is 0 Å². The number of hydrogen-bond donors (Lipinski definition) is 1. The van der Waals surface area contributed by atoms with Crippen LogP contribution >= 0.6 is 11.3 Å². The summed E-state index contributed by atoms with van der Waals surface area (Å²) < 4.78 is 0. The van der Waals surface area contributed by atoms with E-state index in [9.17, 15) is 4.79 Å². The Hall–Kier alpha value is -1.88. The number of nitrogens with zero attached hydrogens (tertiary/aromatic N) is 2. The van der Waals surface area contributed by atoms with Gasteiger partial charge >= 0.3 is 6.03 Å². The number of nitrogens with one attached hydrogen (secondary N) is 1. The van der Waals surface area contributed by atoms with E-state index in [2.05, 4.69) is 21.7 Å². The van der Waals surface area contributed by atoms with Gasteiger partial charge in [-0.15, -0.1) is 11.3 Å². The standard InChI is InChI=1S/C15H17N3OS/c1-11-3-2-6-16-13(11)9-17-15(19)18-7-4-14-12(10-18)5-8-20-14/h2-3,5-6,8H,4,7,9-10H2,1H3,(H,17,19).